The van der Waals surface area contributed by atoms with Crippen LogP contribution in [0.1, 0.15) is 45.1 Å². The van der Waals surface area contributed by atoms with Crippen molar-refractivity contribution in [2.75, 3.05) is 17.2 Å². The number of amides is 2. The second kappa shape index (κ2) is 7.94. The lowest BCUT2D eigenvalue weighted by Gasteiger charge is -2.14. The van der Waals surface area contributed by atoms with Crippen LogP contribution in [0.15, 0.2) is 18.2 Å². The van der Waals surface area contributed by atoms with Crippen molar-refractivity contribution >= 4 is 23.2 Å². The third kappa shape index (κ3) is 4.56. The highest BCUT2D eigenvalue weighted by Crippen LogP contribution is 2.25. The van der Waals surface area contributed by atoms with E-state index in [-0.39, 0.29) is 11.8 Å². The molecule has 5 nitrogen and oxygen atoms in total. The van der Waals surface area contributed by atoms with E-state index in [0.29, 0.717) is 13.0 Å². The summed E-state index contributed by atoms with van der Waals surface area (Å²) in [5.74, 6) is -0.0952. The van der Waals surface area contributed by atoms with Gasteiger partial charge in [-0.2, -0.15) is 0 Å². The number of carbonyl (C=O) groups excluding carboxylic acids is 2. The summed E-state index contributed by atoms with van der Waals surface area (Å²) < 4.78 is 5.49. The minimum Gasteiger partial charge on any atom is -0.369 e. The van der Waals surface area contributed by atoms with E-state index in [9.17, 15) is 9.59 Å². The predicted molar refractivity (Wildman–Crippen MR) is 87.0 cm³/mol. The van der Waals surface area contributed by atoms with Crippen LogP contribution in [-0.2, 0) is 20.7 Å². The lowest BCUT2D eigenvalue weighted by atomic mass is 10.1. The van der Waals surface area contributed by atoms with Gasteiger partial charge in [0.05, 0.1) is 0 Å². The Hall–Kier alpha value is -1.88. The van der Waals surface area contributed by atoms with E-state index in [4.69, 9.17) is 4.74 Å². The molecule has 1 aliphatic heterocycles. The maximum absolute atomic E-state index is 12.1. The van der Waals surface area contributed by atoms with Crippen LogP contribution in [0.25, 0.3) is 0 Å². The standard InChI is InChI=1S/C17H24N2O3/c1-3-4-10-22-12(2)17(21)18-14-8-9-15-13(11-14)6-5-7-16(20)19-15/h8-9,11-12H,3-7,10H2,1-2H3,(H,18,21)(H,19,20). The molecule has 1 atom stereocenters. The summed E-state index contributed by atoms with van der Waals surface area (Å²) in [5, 5.41) is 5.76. The molecule has 5 heteroatoms. The summed E-state index contributed by atoms with van der Waals surface area (Å²) in [6.45, 7) is 4.44. The Labute approximate surface area is 131 Å². The van der Waals surface area contributed by atoms with Crippen molar-refractivity contribution in [3.63, 3.8) is 0 Å². The Kier molecular flexibility index (Phi) is 5.95. The van der Waals surface area contributed by atoms with E-state index < -0.39 is 6.10 Å². The first kappa shape index (κ1) is 16.5. The number of hydrogen-bond donors (Lipinski definition) is 2. The Morgan fingerprint density at radius 2 is 2.23 bits per heavy atom. The molecule has 2 N–H and O–H groups in total. The zero-order valence-electron chi connectivity index (χ0n) is 13.3. The third-order valence-electron chi connectivity index (χ3n) is 3.73. The molecule has 1 unspecified atom stereocenters. The number of benzene rings is 1. The molecule has 1 aliphatic rings. The highest BCUT2D eigenvalue weighted by Gasteiger charge is 2.16. The molecule has 120 valence electrons. The Balaban J connectivity index is 1.97. The van der Waals surface area contributed by atoms with Gasteiger partial charge in [-0.05, 0) is 49.9 Å². The van der Waals surface area contributed by atoms with E-state index in [1.54, 1.807) is 13.0 Å². The van der Waals surface area contributed by atoms with E-state index in [0.717, 1.165) is 42.6 Å². The SMILES string of the molecule is CCCCOC(C)C(=O)Nc1ccc2c(c1)CCCC(=O)N2. The van der Waals surface area contributed by atoms with Crippen molar-refractivity contribution < 1.29 is 14.3 Å². The van der Waals surface area contributed by atoms with Crippen LogP contribution in [0.4, 0.5) is 11.4 Å². The second-order valence-electron chi connectivity index (χ2n) is 5.63. The van der Waals surface area contributed by atoms with Gasteiger partial charge in [-0.1, -0.05) is 13.3 Å². The largest absolute Gasteiger partial charge is 0.369 e. The molecule has 1 aromatic rings. The molecule has 0 spiro atoms. The van der Waals surface area contributed by atoms with Crippen molar-refractivity contribution in [1.29, 1.82) is 0 Å². The fraction of sp³-hybridized carbons (Fsp3) is 0.529. The monoisotopic (exact) mass is 304 g/mol. The Bertz CT molecular complexity index is 543. The van der Waals surface area contributed by atoms with E-state index in [1.165, 1.54) is 0 Å². The highest BCUT2D eigenvalue weighted by atomic mass is 16.5. The number of unbranched alkanes of at least 4 members (excludes halogenated alkanes) is 1. The summed E-state index contributed by atoms with van der Waals surface area (Å²) in [7, 11) is 0. The zero-order valence-corrected chi connectivity index (χ0v) is 13.3. The Morgan fingerprint density at radius 1 is 1.41 bits per heavy atom. The van der Waals surface area contributed by atoms with Gasteiger partial charge in [0.1, 0.15) is 6.10 Å². The first-order valence-electron chi connectivity index (χ1n) is 7.95. The van der Waals surface area contributed by atoms with Gasteiger partial charge in [0.25, 0.3) is 5.91 Å². The summed E-state index contributed by atoms with van der Waals surface area (Å²) in [6.07, 6.45) is 3.73. The van der Waals surface area contributed by atoms with Crippen LogP contribution in [0.5, 0.6) is 0 Å². The van der Waals surface area contributed by atoms with Crippen molar-refractivity contribution in [3.05, 3.63) is 23.8 Å². The molecule has 0 fully saturated rings. The van der Waals surface area contributed by atoms with Gasteiger partial charge < -0.3 is 15.4 Å². The first-order chi connectivity index (χ1) is 10.6. The molecular formula is C17H24N2O3. The fourth-order valence-corrected chi connectivity index (χ4v) is 2.38. The number of nitrogens with one attached hydrogen (secondary N) is 2. The van der Waals surface area contributed by atoms with Gasteiger partial charge in [-0.15, -0.1) is 0 Å². The van der Waals surface area contributed by atoms with Crippen molar-refractivity contribution in [2.45, 2.75) is 52.1 Å². The number of anilines is 2. The van der Waals surface area contributed by atoms with Crippen molar-refractivity contribution in [3.8, 4) is 0 Å². The molecule has 0 aliphatic carbocycles. The number of fused-ring (bicyclic) bond motifs is 1. The highest BCUT2D eigenvalue weighted by molar-refractivity contribution is 5.95. The van der Waals surface area contributed by atoms with Crippen LogP contribution in [-0.4, -0.2) is 24.5 Å². The van der Waals surface area contributed by atoms with Crippen LogP contribution in [0.2, 0.25) is 0 Å². The molecule has 0 saturated heterocycles. The summed E-state index contributed by atoms with van der Waals surface area (Å²) in [6, 6.07) is 5.58. The lowest BCUT2D eigenvalue weighted by molar-refractivity contribution is -0.126. The first-order valence-corrected chi connectivity index (χ1v) is 7.95. The minimum atomic E-state index is -0.468. The van der Waals surface area contributed by atoms with Crippen LogP contribution in [0, 0.1) is 0 Å². The quantitative estimate of drug-likeness (QED) is 0.794. The van der Waals surface area contributed by atoms with Crippen LogP contribution >= 0.6 is 0 Å². The lowest BCUT2D eigenvalue weighted by Crippen LogP contribution is -2.28. The van der Waals surface area contributed by atoms with Gasteiger partial charge in [0.15, 0.2) is 0 Å². The van der Waals surface area contributed by atoms with Gasteiger partial charge in [0.2, 0.25) is 5.91 Å². The minimum absolute atomic E-state index is 0.0495. The van der Waals surface area contributed by atoms with Gasteiger partial charge >= 0.3 is 0 Å². The van der Waals surface area contributed by atoms with Crippen LogP contribution in [0.3, 0.4) is 0 Å². The summed E-state index contributed by atoms with van der Waals surface area (Å²) in [4.78, 5) is 23.6. The molecule has 0 saturated carbocycles. The average molecular weight is 304 g/mol. The predicted octanol–water partition coefficient (Wildman–Crippen LogP) is 3.11. The molecule has 0 aromatic heterocycles. The molecular weight excluding hydrogens is 280 g/mol. The second-order valence-corrected chi connectivity index (χ2v) is 5.63. The van der Waals surface area contributed by atoms with Crippen molar-refractivity contribution in [2.24, 2.45) is 0 Å². The topological polar surface area (TPSA) is 67.4 Å². The number of rotatable bonds is 6. The summed E-state index contributed by atoms with van der Waals surface area (Å²) in [5.41, 5.74) is 2.64. The maximum Gasteiger partial charge on any atom is 0.253 e. The van der Waals surface area contributed by atoms with Crippen LogP contribution < -0.4 is 10.6 Å². The number of aryl methyl sites for hydroxylation is 1. The Morgan fingerprint density at radius 3 is 3.00 bits per heavy atom. The van der Waals surface area contributed by atoms with E-state index in [1.807, 2.05) is 12.1 Å². The zero-order chi connectivity index (χ0) is 15.9. The molecule has 2 amide bonds. The molecule has 0 radical (unpaired) electrons. The summed E-state index contributed by atoms with van der Waals surface area (Å²) >= 11 is 0. The normalized spacial score (nSPS) is 15.5. The van der Waals surface area contributed by atoms with Gasteiger partial charge in [0, 0.05) is 24.4 Å². The van der Waals surface area contributed by atoms with Gasteiger partial charge in [-0.25, -0.2) is 0 Å². The molecule has 22 heavy (non-hydrogen) atoms. The van der Waals surface area contributed by atoms with Gasteiger partial charge in [-0.3, -0.25) is 9.59 Å². The smallest absolute Gasteiger partial charge is 0.253 e. The third-order valence-corrected chi connectivity index (χ3v) is 3.73. The molecule has 0 bridgehead atoms. The van der Waals surface area contributed by atoms with Crippen molar-refractivity contribution in [1.82, 2.24) is 0 Å². The fourth-order valence-electron chi connectivity index (χ4n) is 2.38. The molecule has 1 aromatic carbocycles. The number of ether oxygens (including phenoxy) is 1. The average Bonchev–Trinajstić information content (AvgIpc) is 2.67. The number of carbonyl (C=O) groups is 2. The van der Waals surface area contributed by atoms with E-state index >= 15 is 0 Å². The van der Waals surface area contributed by atoms with E-state index in [2.05, 4.69) is 17.6 Å². The molecule has 1 heterocycles. The molecule has 2 rings (SSSR count). The number of hydrogen-bond acceptors (Lipinski definition) is 3. The maximum atomic E-state index is 12.1.